The number of thioether (sulfide) groups is 1. The lowest BCUT2D eigenvalue weighted by Crippen LogP contribution is -1.91. The predicted octanol–water partition coefficient (Wildman–Crippen LogP) is 2.01. The summed E-state index contributed by atoms with van der Waals surface area (Å²) in [6.07, 6.45) is 0. The Morgan fingerprint density at radius 2 is 2.29 bits per heavy atom. The van der Waals surface area contributed by atoms with Crippen molar-refractivity contribution in [1.82, 2.24) is 0 Å². The molecule has 0 aliphatic carbocycles. The minimum Gasteiger partial charge on any atom is -0.502 e. The van der Waals surface area contributed by atoms with E-state index in [4.69, 9.17) is 10.4 Å². The second-order valence-corrected chi connectivity index (χ2v) is 3.05. The van der Waals surface area contributed by atoms with E-state index in [9.17, 15) is 14.5 Å². The van der Waals surface area contributed by atoms with E-state index >= 15 is 0 Å². The van der Waals surface area contributed by atoms with Gasteiger partial charge in [-0.1, -0.05) is 0 Å². The maximum atomic E-state index is 12.9. The lowest BCUT2D eigenvalue weighted by atomic mass is 10.3. The van der Waals surface area contributed by atoms with E-state index in [0.29, 0.717) is 17.8 Å². The molecule has 1 N–H and O–H groups in total. The number of hydrogen-bond acceptors (Lipinski definition) is 5. The second-order valence-electron chi connectivity index (χ2n) is 2.22. The number of hydrogen-bond donors (Lipinski definition) is 1. The molecule has 0 spiro atoms. The summed E-state index contributed by atoms with van der Waals surface area (Å²) in [5.41, 5.74) is -0.621. The van der Waals surface area contributed by atoms with Crippen molar-refractivity contribution in [3.8, 4) is 11.2 Å². The number of benzene rings is 1. The molecule has 0 aliphatic rings. The summed E-state index contributed by atoms with van der Waals surface area (Å²) in [4.78, 5) is 9.29. The van der Waals surface area contributed by atoms with Crippen LogP contribution in [-0.2, 0) is 0 Å². The van der Waals surface area contributed by atoms with Crippen LogP contribution in [0, 0.1) is 26.6 Å². The molecular weight excluding hydrogens is 211 g/mol. The van der Waals surface area contributed by atoms with Gasteiger partial charge >= 0.3 is 5.69 Å². The van der Waals surface area contributed by atoms with E-state index in [0.717, 1.165) is 6.07 Å². The molecule has 0 amide bonds. The van der Waals surface area contributed by atoms with E-state index < -0.39 is 22.2 Å². The van der Waals surface area contributed by atoms with Gasteiger partial charge in [-0.3, -0.25) is 10.1 Å². The van der Waals surface area contributed by atoms with E-state index in [1.165, 1.54) is 0 Å². The maximum Gasteiger partial charge on any atom is 0.312 e. The van der Waals surface area contributed by atoms with Gasteiger partial charge in [-0.15, -0.1) is 0 Å². The number of nitro groups is 1. The van der Waals surface area contributed by atoms with E-state index in [2.05, 4.69) is 0 Å². The number of aromatic hydroxyl groups is 1. The molecule has 72 valence electrons. The van der Waals surface area contributed by atoms with Gasteiger partial charge in [-0.05, 0) is 11.8 Å². The van der Waals surface area contributed by atoms with Crippen LogP contribution in [0.2, 0.25) is 0 Å². The third-order valence-corrected chi connectivity index (χ3v) is 2.01. The van der Waals surface area contributed by atoms with Gasteiger partial charge in [-0.2, -0.15) is 5.26 Å². The van der Waals surface area contributed by atoms with Gasteiger partial charge in [0.2, 0.25) is 0 Å². The van der Waals surface area contributed by atoms with Crippen molar-refractivity contribution in [3.63, 3.8) is 0 Å². The molecule has 0 bridgehead atoms. The molecule has 0 fully saturated rings. The molecule has 0 saturated carbocycles. The van der Waals surface area contributed by atoms with Gasteiger partial charge in [0, 0.05) is 12.1 Å². The first kappa shape index (κ1) is 10.3. The lowest BCUT2D eigenvalue weighted by Gasteiger charge is -1.99. The Morgan fingerprint density at radius 1 is 1.64 bits per heavy atom. The molecular formula is C7H3FN2O3S. The summed E-state index contributed by atoms with van der Waals surface area (Å²) >= 11 is 0.457. The predicted molar refractivity (Wildman–Crippen MR) is 46.2 cm³/mol. The average Bonchev–Trinajstić information content (AvgIpc) is 2.09. The average molecular weight is 214 g/mol. The molecule has 0 heterocycles. The first-order valence-corrected chi connectivity index (χ1v) is 4.10. The van der Waals surface area contributed by atoms with Crippen molar-refractivity contribution in [2.45, 2.75) is 4.90 Å². The van der Waals surface area contributed by atoms with Crippen LogP contribution in [-0.4, -0.2) is 10.0 Å². The van der Waals surface area contributed by atoms with Crippen LogP contribution < -0.4 is 0 Å². The van der Waals surface area contributed by atoms with Gasteiger partial charge < -0.3 is 5.11 Å². The molecule has 0 saturated heterocycles. The second kappa shape index (κ2) is 3.93. The molecule has 0 unspecified atom stereocenters. The maximum absolute atomic E-state index is 12.9. The highest BCUT2D eigenvalue weighted by Crippen LogP contribution is 2.32. The summed E-state index contributed by atoms with van der Waals surface area (Å²) < 4.78 is 12.9. The molecule has 7 heteroatoms. The van der Waals surface area contributed by atoms with Crippen LogP contribution in [0.15, 0.2) is 17.0 Å². The standard InChI is InChI=1S/C7H3FN2O3S/c8-4-1-6(11)5(10(12)13)2-7(4)14-3-9/h1-2,11H. The number of rotatable bonds is 2. The van der Waals surface area contributed by atoms with Crippen LogP contribution in [0.5, 0.6) is 5.75 Å². The van der Waals surface area contributed by atoms with Gasteiger partial charge in [0.15, 0.2) is 5.75 Å². The molecule has 1 aromatic rings. The number of thiocyanates is 1. The third kappa shape index (κ3) is 1.92. The summed E-state index contributed by atoms with van der Waals surface area (Å²) in [6, 6.07) is 1.43. The number of nitriles is 1. The van der Waals surface area contributed by atoms with Crippen molar-refractivity contribution < 1.29 is 14.4 Å². The zero-order valence-corrected chi connectivity index (χ0v) is 7.42. The number of phenolic OH excluding ortho intramolecular Hbond substituents is 1. The van der Waals surface area contributed by atoms with Crippen molar-refractivity contribution in [2.24, 2.45) is 0 Å². The minimum absolute atomic E-state index is 0.183. The Labute approximate surface area is 81.9 Å². The van der Waals surface area contributed by atoms with Crippen LogP contribution in [0.25, 0.3) is 0 Å². The Bertz CT molecular complexity index is 430. The topological polar surface area (TPSA) is 87.2 Å². The fraction of sp³-hybridized carbons (Fsp3) is 0. The van der Waals surface area contributed by atoms with Crippen molar-refractivity contribution >= 4 is 17.4 Å². The molecule has 1 aromatic carbocycles. The van der Waals surface area contributed by atoms with E-state index in [1.54, 1.807) is 5.40 Å². The van der Waals surface area contributed by atoms with Crippen LogP contribution in [0.4, 0.5) is 10.1 Å². The Hall–Kier alpha value is -1.81. The summed E-state index contributed by atoms with van der Waals surface area (Å²) in [5.74, 6) is -1.62. The lowest BCUT2D eigenvalue weighted by molar-refractivity contribution is -0.386. The molecule has 5 nitrogen and oxygen atoms in total. The highest BCUT2D eigenvalue weighted by Gasteiger charge is 2.17. The van der Waals surface area contributed by atoms with E-state index in [1.807, 2.05) is 0 Å². The molecule has 1 rings (SSSR count). The monoisotopic (exact) mass is 214 g/mol. The van der Waals surface area contributed by atoms with Crippen molar-refractivity contribution in [2.75, 3.05) is 0 Å². The molecule has 0 aliphatic heterocycles. The summed E-state index contributed by atoms with van der Waals surface area (Å²) in [6.45, 7) is 0. The fourth-order valence-corrected chi connectivity index (χ4v) is 1.23. The summed E-state index contributed by atoms with van der Waals surface area (Å²) in [7, 11) is 0. The molecule has 0 atom stereocenters. The van der Waals surface area contributed by atoms with Crippen molar-refractivity contribution in [1.29, 1.82) is 5.26 Å². The minimum atomic E-state index is -0.861. The first-order valence-electron chi connectivity index (χ1n) is 3.29. The molecule has 0 radical (unpaired) electrons. The van der Waals surface area contributed by atoms with Crippen LogP contribution in [0.1, 0.15) is 0 Å². The molecule has 0 aromatic heterocycles. The van der Waals surface area contributed by atoms with Crippen LogP contribution >= 0.6 is 11.8 Å². The highest BCUT2D eigenvalue weighted by molar-refractivity contribution is 8.03. The number of nitrogens with zero attached hydrogens (tertiary/aromatic N) is 2. The Balaban J connectivity index is 3.28. The van der Waals surface area contributed by atoms with E-state index in [-0.39, 0.29) is 4.90 Å². The van der Waals surface area contributed by atoms with Crippen molar-refractivity contribution in [3.05, 3.63) is 28.1 Å². The number of halogens is 1. The van der Waals surface area contributed by atoms with Crippen LogP contribution in [0.3, 0.4) is 0 Å². The van der Waals surface area contributed by atoms with Gasteiger partial charge in [-0.25, -0.2) is 4.39 Å². The zero-order chi connectivity index (χ0) is 10.7. The fourth-order valence-electron chi connectivity index (χ4n) is 0.806. The van der Waals surface area contributed by atoms with Gasteiger partial charge in [0.25, 0.3) is 0 Å². The SMILES string of the molecule is N#CSc1cc([N+](=O)[O-])c(O)cc1F. The third-order valence-electron chi connectivity index (χ3n) is 1.38. The summed E-state index contributed by atoms with van der Waals surface area (Å²) in [5, 5.41) is 29.1. The largest absolute Gasteiger partial charge is 0.502 e. The number of phenols is 1. The first-order chi connectivity index (χ1) is 6.56. The van der Waals surface area contributed by atoms with Gasteiger partial charge in [0.05, 0.1) is 9.82 Å². The Kier molecular flexibility index (Phi) is 2.89. The quantitative estimate of drug-likeness (QED) is 0.352. The number of nitro benzene ring substituents is 1. The van der Waals surface area contributed by atoms with Gasteiger partial charge in [0.1, 0.15) is 11.2 Å². The smallest absolute Gasteiger partial charge is 0.312 e. The zero-order valence-electron chi connectivity index (χ0n) is 6.60. The highest BCUT2D eigenvalue weighted by atomic mass is 32.2. The normalized spacial score (nSPS) is 9.43. The Morgan fingerprint density at radius 3 is 2.79 bits per heavy atom. The molecule has 14 heavy (non-hydrogen) atoms.